The molecule has 3 aromatic rings. The Balaban J connectivity index is 1.55. The molecule has 2 aliphatic heterocycles. The lowest BCUT2D eigenvalue weighted by molar-refractivity contribution is 0.0423. The number of rotatable bonds is 2. The first kappa shape index (κ1) is 22.4. The predicted octanol–water partition coefficient (Wildman–Crippen LogP) is 4.73. The molecule has 174 valence electrons. The van der Waals surface area contributed by atoms with Crippen molar-refractivity contribution in [3.8, 4) is 10.6 Å². The minimum absolute atomic E-state index is 0.184. The van der Waals surface area contributed by atoms with Crippen molar-refractivity contribution >= 4 is 50.4 Å². The SMILES string of the molecule is CC(C)(C)OC(=O)N1C2=NC(C)(c3sc(-c4cn5ccccc5n4)cc3Cl)CS(=O)(=O)C21C. The lowest BCUT2D eigenvalue weighted by atomic mass is 10.0. The van der Waals surface area contributed by atoms with E-state index in [1.165, 1.54) is 18.3 Å². The smallest absolute Gasteiger partial charge is 0.417 e. The number of ether oxygens (including phenoxy) is 1. The quantitative estimate of drug-likeness (QED) is 0.468. The zero-order valence-electron chi connectivity index (χ0n) is 18.8. The maximum atomic E-state index is 13.3. The van der Waals surface area contributed by atoms with E-state index >= 15 is 0 Å². The van der Waals surface area contributed by atoms with Crippen LogP contribution in [0.3, 0.4) is 0 Å². The summed E-state index contributed by atoms with van der Waals surface area (Å²) in [4.78, 5) is 23.1. The van der Waals surface area contributed by atoms with Crippen LogP contribution in [-0.2, 0) is 20.1 Å². The molecular weight excluding hydrogens is 484 g/mol. The first-order valence-electron chi connectivity index (χ1n) is 10.3. The molecule has 11 heteroatoms. The minimum Gasteiger partial charge on any atom is -0.443 e. The number of halogens is 1. The first-order valence-corrected chi connectivity index (χ1v) is 13.2. The van der Waals surface area contributed by atoms with Crippen LogP contribution in [0.2, 0.25) is 5.02 Å². The van der Waals surface area contributed by atoms with E-state index in [2.05, 4.69) is 4.98 Å². The lowest BCUT2D eigenvalue weighted by Crippen LogP contribution is -2.41. The van der Waals surface area contributed by atoms with Crippen molar-refractivity contribution in [1.82, 2.24) is 14.3 Å². The van der Waals surface area contributed by atoms with Gasteiger partial charge in [0.2, 0.25) is 4.87 Å². The number of sulfone groups is 1. The Kier molecular flexibility index (Phi) is 4.61. The number of pyridine rings is 1. The van der Waals surface area contributed by atoms with Crippen molar-refractivity contribution < 1.29 is 17.9 Å². The number of fused-ring (bicyclic) bond motifs is 2. The Labute approximate surface area is 200 Å². The third-order valence-corrected chi connectivity index (χ3v) is 10.1. The van der Waals surface area contributed by atoms with Crippen LogP contribution in [-0.4, -0.2) is 50.9 Å². The van der Waals surface area contributed by atoms with Crippen LogP contribution < -0.4 is 0 Å². The molecular formula is C22H23ClN4O4S2. The maximum absolute atomic E-state index is 13.3. The van der Waals surface area contributed by atoms with Crippen molar-refractivity contribution in [3.05, 3.63) is 46.6 Å². The molecule has 0 aromatic carbocycles. The van der Waals surface area contributed by atoms with E-state index in [0.29, 0.717) is 9.90 Å². The fraction of sp³-hybridized carbons (Fsp3) is 0.409. The maximum Gasteiger partial charge on any atom is 0.417 e. The summed E-state index contributed by atoms with van der Waals surface area (Å²) in [6.07, 6.45) is 3.08. The molecule has 0 bridgehead atoms. The summed E-state index contributed by atoms with van der Waals surface area (Å²) in [5, 5.41) is 0.419. The summed E-state index contributed by atoms with van der Waals surface area (Å²) in [5.74, 6) is -0.0892. The highest BCUT2D eigenvalue weighted by molar-refractivity contribution is 7.94. The second-order valence-electron chi connectivity index (χ2n) is 9.65. The lowest BCUT2D eigenvalue weighted by Gasteiger charge is -2.28. The van der Waals surface area contributed by atoms with E-state index in [1.54, 1.807) is 33.8 Å². The van der Waals surface area contributed by atoms with Gasteiger partial charge in [-0.15, -0.1) is 11.3 Å². The summed E-state index contributed by atoms with van der Waals surface area (Å²) in [7, 11) is -3.76. The van der Waals surface area contributed by atoms with Gasteiger partial charge in [-0.2, -0.15) is 0 Å². The molecule has 0 radical (unpaired) electrons. The second kappa shape index (κ2) is 6.80. The van der Waals surface area contributed by atoms with Gasteiger partial charge in [-0.1, -0.05) is 17.7 Å². The summed E-state index contributed by atoms with van der Waals surface area (Å²) < 4.78 is 34.0. The molecule has 0 N–H and O–H groups in total. The highest BCUT2D eigenvalue weighted by Crippen LogP contribution is 2.52. The van der Waals surface area contributed by atoms with Crippen molar-refractivity contribution in [2.24, 2.45) is 4.99 Å². The molecule has 0 aliphatic carbocycles. The van der Waals surface area contributed by atoms with Gasteiger partial charge in [-0.05, 0) is 52.8 Å². The number of hydrogen-bond acceptors (Lipinski definition) is 7. The van der Waals surface area contributed by atoms with Gasteiger partial charge in [0.25, 0.3) is 0 Å². The van der Waals surface area contributed by atoms with Crippen LogP contribution in [0.1, 0.15) is 39.5 Å². The van der Waals surface area contributed by atoms with Crippen molar-refractivity contribution in [2.75, 3.05) is 5.75 Å². The van der Waals surface area contributed by atoms with E-state index in [4.69, 9.17) is 21.3 Å². The third-order valence-electron chi connectivity index (χ3n) is 5.80. The Morgan fingerprint density at radius 3 is 2.67 bits per heavy atom. The van der Waals surface area contributed by atoms with Gasteiger partial charge in [0.05, 0.1) is 26.2 Å². The number of nitrogens with zero attached hydrogens (tertiary/aromatic N) is 4. The second-order valence-corrected chi connectivity index (χ2v) is 13.4. The van der Waals surface area contributed by atoms with Gasteiger partial charge in [-0.3, -0.25) is 4.99 Å². The van der Waals surface area contributed by atoms with Crippen LogP contribution in [0.5, 0.6) is 0 Å². The summed E-state index contributed by atoms with van der Waals surface area (Å²) >= 11 is 7.96. The number of amides is 1. The Morgan fingerprint density at radius 1 is 1.27 bits per heavy atom. The Bertz CT molecular complexity index is 1420. The Hall–Kier alpha value is -2.43. The third kappa shape index (κ3) is 3.38. The molecule has 2 atom stereocenters. The van der Waals surface area contributed by atoms with E-state index < -0.39 is 31.9 Å². The van der Waals surface area contributed by atoms with Crippen LogP contribution in [0, 0.1) is 0 Å². The minimum atomic E-state index is -3.76. The zero-order chi connectivity index (χ0) is 24.0. The predicted molar refractivity (Wildman–Crippen MR) is 129 cm³/mol. The molecule has 2 aliphatic rings. The van der Waals surface area contributed by atoms with E-state index in [1.807, 2.05) is 35.0 Å². The van der Waals surface area contributed by atoms with E-state index in [9.17, 15) is 13.2 Å². The number of thiophene rings is 1. The molecule has 3 aromatic heterocycles. The van der Waals surface area contributed by atoms with Crippen molar-refractivity contribution in [3.63, 3.8) is 0 Å². The number of aliphatic imine (C=N–C) groups is 1. The van der Waals surface area contributed by atoms with Gasteiger partial charge in [-0.25, -0.2) is 23.1 Å². The molecule has 33 heavy (non-hydrogen) atoms. The fourth-order valence-electron chi connectivity index (χ4n) is 4.11. The van der Waals surface area contributed by atoms with Crippen LogP contribution in [0.25, 0.3) is 16.2 Å². The van der Waals surface area contributed by atoms with Crippen LogP contribution >= 0.6 is 22.9 Å². The van der Waals surface area contributed by atoms with Crippen LogP contribution in [0.4, 0.5) is 4.79 Å². The van der Waals surface area contributed by atoms with Gasteiger partial charge in [0.1, 0.15) is 16.8 Å². The molecule has 0 saturated carbocycles. The van der Waals surface area contributed by atoms with Gasteiger partial charge < -0.3 is 9.14 Å². The van der Waals surface area contributed by atoms with Crippen molar-refractivity contribution in [1.29, 1.82) is 0 Å². The molecule has 1 amide bonds. The van der Waals surface area contributed by atoms with Crippen LogP contribution in [0.15, 0.2) is 41.7 Å². The molecule has 2 unspecified atom stereocenters. The largest absolute Gasteiger partial charge is 0.443 e. The number of carbonyl (C=O) groups is 1. The normalized spacial score (nSPS) is 26.1. The summed E-state index contributed by atoms with van der Waals surface area (Å²) in [6.45, 7) is 8.41. The molecule has 0 spiro atoms. The summed E-state index contributed by atoms with van der Waals surface area (Å²) in [6, 6.07) is 7.51. The van der Waals surface area contributed by atoms with Gasteiger partial charge in [0, 0.05) is 12.4 Å². The molecule has 1 fully saturated rings. The highest BCUT2D eigenvalue weighted by atomic mass is 35.5. The standard InChI is InChI=1S/C22H23ClN4O4S2/c1-20(2,3)31-19(28)27-18-22(27,5)33(29,30)12-21(4,25-18)17-13(23)10-15(32-17)14-11-26-9-7-6-8-16(26)24-14/h6-11H,12H2,1-5H3. The average molecular weight is 507 g/mol. The Morgan fingerprint density at radius 2 is 2.00 bits per heavy atom. The summed E-state index contributed by atoms with van der Waals surface area (Å²) in [5.41, 5.74) is -0.357. The number of aromatic nitrogens is 2. The molecule has 5 heterocycles. The van der Waals surface area contributed by atoms with E-state index in [0.717, 1.165) is 21.1 Å². The van der Waals surface area contributed by atoms with E-state index in [-0.39, 0.29) is 11.6 Å². The molecule has 5 rings (SSSR count). The topological polar surface area (TPSA) is 93.1 Å². The fourth-order valence-corrected chi connectivity index (χ4v) is 7.83. The number of hydrogen-bond donors (Lipinski definition) is 0. The first-order chi connectivity index (χ1) is 15.3. The number of amidine groups is 1. The molecule has 1 saturated heterocycles. The van der Waals surface area contributed by atoms with Gasteiger partial charge >= 0.3 is 6.09 Å². The van der Waals surface area contributed by atoms with Crippen molar-refractivity contribution in [2.45, 2.75) is 50.6 Å². The average Bonchev–Trinajstić information content (AvgIpc) is 3.01. The molecule has 8 nitrogen and oxygen atoms in total. The number of carbonyl (C=O) groups excluding carboxylic acids is 1. The monoisotopic (exact) mass is 506 g/mol. The highest BCUT2D eigenvalue weighted by Gasteiger charge is 2.73. The number of imidazole rings is 1. The zero-order valence-corrected chi connectivity index (χ0v) is 21.2. The van der Waals surface area contributed by atoms with Gasteiger partial charge in [0.15, 0.2) is 15.7 Å².